The number of ether oxygens (including phenoxy) is 1. The lowest BCUT2D eigenvalue weighted by atomic mass is 9.99. The van der Waals surface area contributed by atoms with Gasteiger partial charge >= 0.3 is 6.03 Å². The molecule has 0 radical (unpaired) electrons. The Balaban J connectivity index is 1.81. The molecule has 0 aromatic carbocycles. The second-order valence-electron chi connectivity index (χ2n) is 6.43. The molecule has 0 saturated carbocycles. The molecule has 3 rings (SSSR count). The van der Waals surface area contributed by atoms with E-state index in [0.717, 1.165) is 49.2 Å². The summed E-state index contributed by atoms with van der Waals surface area (Å²) in [4.78, 5) is 19.0. The van der Waals surface area contributed by atoms with Crippen molar-refractivity contribution in [2.45, 2.75) is 45.6 Å². The van der Waals surface area contributed by atoms with Crippen molar-refractivity contribution in [3.63, 3.8) is 0 Å². The summed E-state index contributed by atoms with van der Waals surface area (Å²) in [6, 6.07) is 3.48. The van der Waals surface area contributed by atoms with Gasteiger partial charge in [-0.3, -0.25) is 5.10 Å². The highest BCUT2D eigenvalue weighted by Gasteiger charge is 2.30. The fourth-order valence-corrected chi connectivity index (χ4v) is 3.47. The fraction of sp³-hybridized carbons (Fsp3) is 0.500. The lowest BCUT2D eigenvalue weighted by molar-refractivity contribution is 0.189. The van der Waals surface area contributed by atoms with Crippen LogP contribution >= 0.6 is 0 Å². The third-order valence-corrected chi connectivity index (χ3v) is 4.73. The van der Waals surface area contributed by atoms with E-state index in [1.807, 2.05) is 18.7 Å². The molecule has 3 heterocycles. The van der Waals surface area contributed by atoms with Gasteiger partial charge in [-0.15, -0.1) is 0 Å². The van der Waals surface area contributed by atoms with Gasteiger partial charge in [0.15, 0.2) is 0 Å². The molecule has 1 unspecified atom stereocenters. The number of pyridine rings is 1. The Morgan fingerprint density at radius 1 is 1.32 bits per heavy atom. The van der Waals surface area contributed by atoms with Crippen LogP contribution in [0.3, 0.4) is 0 Å². The van der Waals surface area contributed by atoms with Crippen LogP contribution in [-0.4, -0.2) is 39.8 Å². The van der Waals surface area contributed by atoms with Gasteiger partial charge in [-0.05, 0) is 32.8 Å². The van der Waals surface area contributed by atoms with Crippen molar-refractivity contribution in [2.24, 2.45) is 0 Å². The van der Waals surface area contributed by atoms with Crippen LogP contribution in [0.4, 0.5) is 10.5 Å². The summed E-state index contributed by atoms with van der Waals surface area (Å²) in [6.45, 7) is 4.75. The summed E-state index contributed by atoms with van der Waals surface area (Å²) < 4.78 is 5.05. The predicted octanol–water partition coefficient (Wildman–Crippen LogP) is 3.58. The highest BCUT2D eigenvalue weighted by atomic mass is 16.5. The van der Waals surface area contributed by atoms with Gasteiger partial charge < -0.3 is 15.0 Å². The quantitative estimate of drug-likeness (QED) is 0.892. The van der Waals surface area contributed by atoms with Crippen molar-refractivity contribution >= 4 is 11.7 Å². The number of hydrogen-bond donors (Lipinski definition) is 2. The number of aromatic nitrogens is 3. The van der Waals surface area contributed by atoms with Gasteiger partial charge in [-0.25, -0.2) is 9.78 Å². The molecule has 7 nitrogen and oxygen atoms in total. The number of methoxy groups -OCH3 is 1. The van der Waals surface area contributed by atoms with E-state index < -0.39 is 0 Å². The number of likely N-dealkylation sites (tertiary alicyclic amines) is 1. The summed E-state index contributed by atoms with van der Waals surface area (Å²) in [5, 5.41) is 10.3. The molecule has 1 saturated heterocycles. The van der Waals surface area contributed by atoms with Crippen molar-refractivity contribution in [3.8, 4) is 5.88 Å². The first-order valence-electron chi connectivity index (χ1n) is 8.69. The first-order chi connectivity index (χ1) is 12.1. The first kappa shape index (κ1) is 17.3. The zero-order valence-corrected chi connectivity index (χ0v) is 15.0. The Hall–Kier alpha value is -2.57. The van der Waals surface area contributed by atoms with E-state index in [0.29, 0.717) is 11.6 Å². The number of nitrogens with one attached hydrogen (secondary N) is 2. The van der Waals surface area contributed by atoms with E-state index in [4.69, 9.17) is 4.74 Å². The molecule has 1 aliphatic heterocycles. The number of anilines is 1. The average molecular weight is 343 g/mol. The van der Waals surface area contributed by atoms with Crippen LogP contribution in [0.1, 0.15) is 48.7 Å². The number of H-pyrrole nitrogens is 1. The molecule has 1 fully saturated rings. The molecule has 134 valence electrons. The normalized spacial score (nSPS) is 17.9. The van der Waals surface area contributed by atoms with Crippen molar-refractivity contribution in [3.05, 3.63) is 35.3 Å². The second-order valence-corrected chi connectivity index (χ2v) is 6.43. The minimum Gasteiger partial charge on any atom is -0.481 e. The van der Waals surface area contributed by atoms with Crippen LogP contribution in [0, 0.1) is 13.8 Å². The van der Waals surface area contributed by atoms with E-state index in [1.54, 1.807) is 25.4 Å². The standard InChI is InChI=1S/C18H25N5O2/c1-12-17(13(2)22-21-12)15-7-5-4-6-10-23(15)18(24)20-14-8-9-16(25-3)19-11-14/h8-9,11,15H,4-7,10H2,1-3H3,(H,20,24)(H,21,22). The number of nitrogens with zero attached hydrogens (tertiary/aromatic N) is 3. The van der Waals surface area contributed by atoms with Crippen LogP contribution < -0.4 is 10.1 Å². The van der Waals surface area contributed by atoms with Crippen molar-refractivity contribution < 1.29 is 9.53 Å². The minimum atomic E-state index is -0.0983. The SMILES string of the molecule is COc1ccc(NC(=O)N2CCCCCC2c2c(C)n[nH]c2C)cn1. The topological polar surface area (TPSA) is 83.1 Å². The molecule has 25 heavy (non-hydrogen) atoms. The van der Waals surface area contributed by atoms with Crippen molar-refractivity contribution in [1.82, 2.24) is 20.1 Å². The molecule has 0 aliphatic carbocycles. The molecule has 7 heteroatoms. The van der Waals surface area contributed by atoms with Gasteiger partial charge in [0, 0.05) is 23.9 Å². The van der Waals surface area contributed by atoms with Crippen LogP contribution in [0.15, 0.2) is 18.3 Å². The largest absolute Gasteiger partial charge is 0.481 e. The Labute approximate surface area is 147 Å². The fourth-order valence-electron chi connectivity index (χ4n) is 3.47. The monoisotopic (exact) mass is 343 g/mol. The molecule has 0 spiro atoms. The highest BCUT2D eigenvalue weighted by Crippen LogP contribution is 2.33. The highest BCUT2D eigenvalue weighted by molar-refractivity contribution is 5.89. The maximum atomic E-state index is 12.9. The van der Waals surface area contributed by atoms with Crippen LogP contribution in [0.25, 0.3) is 0 Å². The maximum absolute atomic E-state index is 12.9. The van der Waals surface area contributed by atoms with Crippen molar-refractivity contribution in [1.29, 1.82) is 0 Å². The molecular weight excluding hydrogens is 318 g/mol. The third kappa shape index (κ3) is 3.75. The number of aromatic amines is 1. The molecule has 1 atom stereocenters. The zero-order valence-electron chi connectivity index (χ0n) is 15.0. The minimum absolute atomic E-state index is 0.0486. The molecule has 2 aromatic heterocycles. The van der Waals surface area contributed by atoms with Crippen molar-refractivity contribution in [2.75, 3.05) is 19.0 Å². The summed E-state index contributed by atoms with van der Waals surface area (Å²) in [5.74, 6) is 0.523. The van der Waals surface area contributed by atoms with Gasteiger partial charge in [-0.2, -0.15) is 5.10 Å². The molecular formula is C18H25N5O2. The van der Waals surface area contributed by atoms with Gasteiger partial charge in [0.1, 0.15) is 0 Å². The summed E-state index contributed by atoms with van der Waals surface area (Å²) in [5.41, 5.74) is 3.81. The lowest BCUT2D eigenvalue weighted by Gasteiger charge is -2.30. The predicted molar refractivity (Wildman–Crippen MR) is 95.8 cm³/mol. The first-order valence-corrected chi connectivity index (χ1v) is 8.69. The van der Waals surface area contributed by atoms with Gasteiger partial charge in [0.25, 0.3) is 0 Å². The van der Waals surface area contributed by atoms with Gasteiger partial charge in [-0.1, -0.05) is 12.8 Å². The zero-order chi connectivity index (χ0) is 17.8. The number of carbonyl (C=O) groups excluding carboxylic acids is 1. The number of carbonyl (C=O) groups is 1. The summed E-state index contributed by atoms with van der Waals surface area (Å²) in [7, 11) is 1.57. The Morgan fingerprint density at radius 2 is 2.16 bits per heavy atom. The van der Waals surface area contributed by atoms with Gasteiger partial charge in [0.2, 0.25) is 5.88 Å². The lowest BCUT2D eigenvalue weighted by Crippen LogP contribution is -2.38. The van der Waals surface area contributed by atoms with E-state index in [1.165, 1.54) is 0 Å². The summed E-state index contributed by atoms with van der Waals surface area (Å²) >= 11 is 0. The Morgan fingerprint density at radius 3 is 2.80 bits per heavy atom. The van der Waals surface area contributed by atoms with E-state index >= 15 is 0 Å². The third-order valence-electron chi connectivity index (χ3n) is 4.73. The molecule has 2 N–H and O–H groups in total. The summed E-state index contributed by atoms with van der Waals surface area (Å²) in [6.07, 6.45) is 5.83. The average Bonchev–Trinajstić information content (AvgIpc) is 2.82. The molecule has 1 aliphatic rings. The number of aryl methyl sites for hydroxylation is 2. The maximum Gasteiger partial charge on any atom is 0.322 e. The van der Waals surface area contributed by atoms with Crippen LogP contribution in [0.2, 0.25) is 0 Å². The number of rotatable bonds is 3. The van der Waals surface area contributed by atoms with Crippen LogP contribution in [0.5, 0.6) is 5.88 Å². The van der Waals surface area contributed by atoms with Crippen LogP contribution in [-0.2, 0) is 0 Å². The molecule has 2 aromatic rings. The van der Waals surface area contributed by atoms with Gasteiger partial charge in [0.05, 0.1) is 30.7 Å². The Bertz CT molecular complexity index is 706. The van der Waals surface area contributed by atoms with E-state index in [9.17, 15) is 4.79 Å². The van der Waals surface area contributed by atoms with E-state index in [2.05, 4.69) is 20.5 Å². The number of hydrogen-bond acceptors (Lipinski definition) is 4. The number of amides is 2. The second kappa shape index (κ2) is 7.55. The Kier molecular flexibility index (Phi) is 5.21. The number of urea groups is 1. The smallest absolute Gasteiger partial charge is 0.322 e. The van der Waals surface area contributed by atoms with E-state index in [-0.39, 0.29) is 12.1 Å². The molecule has 0 bridgehead atoms. The molecule has 2 amide bonds.